The standard InChI is InChI=1S/C10H13N3O2/c1-5-4-8(14)13(10(5)15)9-6(2)11-12-7(9)3/h5H,4H2,1-3H3,(H,11,12). The fourth-order valence-electron chi connectivity index (χ4n) is 1.89. The zero-order chi connectivity index (χ0) is 11.2. The molecule has 0 radical (unpaired) electrons. The summed E-state index contributed by atoms with van der Waals surface area (Å²) in [6.07, 6.45) is 0.295. The van der Waals surface area contributed by atoms with Gasteiger partial charge in [-0.1, -0.05) is 6.92 Å². The van der Waals surface area contributed by atoms with Crippen molar-refractivity contribution in [2.75, 3.05) is 4.90 Å². The van der Waals surface area contributed by atoms with Crippen LogP contribution in [0.5, 0.6) is 0 Å². The summed E-state index contributed by atoms with van der Waals surface area (Å²) in [5, 5.41) is 6.76. The van der Waals surface area contributed by atoms with E-state index in [0.29, 0.717) is 17.8 Å². The van der Waals surface area contributed by atoms with E-state index in [-0.39, 0.29) is 17.7 Å². The first-order chi connectivity index (χ1) is 7.02. The number of nitrogens with zero attached hydrogens (tertiary/aromatic N) is 2. The number of H-pyrrole nitrogens is 1. The fourth-order valence-corrected chi connectivity index (χ4v) is 1.89. The molecule has 1 aliphatic rings. The molecule has 1 atom stereocenters. The molecule has 5 nitrogen and oxygen atoms in total. The van der Waals surface area contributed by atoms with E-state index >= 15 is 0 Å². The van der Waals surface area contributed by atoms with E-state index < -0.39 is 0 Å². The first-order valence-corrected chi connectivity index (χ1v) is 4.90. The third kappa shape index (κ3) is 1.35. The van der Waals surface area contributed by atoms with Crippen LogP contribution in [0.4, 0.5) is 5.69 Å². The molecule has 1 N–H and O–H groups in total. The number of nitrogens with one attached hydrogen (secondary N) is 1. The van der Waals surface area contributed by atoms with Gasteiger partial charge in [0.25, 0.3) is 0 Å². The van der Waals surface area contributed by atoms with Gasteiger partial charge < -0.3 is 0 Å². The van der Waals surface area contributed by atoms with Crippen molar-refractivity contribution in [2.45, 2.75) is 27.2 Å². The highest BCUT2D eigenvalue weighted by Gasteiger charge is 2.38. The van der Waals surface area contributed by atoms with Gasteiger partial charge >= 0.3 is 0 Å². The van der Waals surface area contributed by atoms with Gasteiger partial charge in [0, 0.05) is 12.3 Å². The number of aromatic amines is 1. The third-order valence-corrected chi connectivity index (χ3v) is 2.68. The maximum Gasteiger partial charge on any atom is 0.237 e. The Morgan fingerprint density at radius 3 is 2.47 bits per heavy atom. The molecular formula is C10H13N3O2. The van der Waals surface area contributed by atoms with Gasteiger partial charge in [0.15, 0.2) is 0 Å². The average Bonchev–Trinajstić information content (AvgIpc) is 2.59. The van der Waals surface area contributed by atoms with Crippen molar-refractivity contribution < 1.29 is 9.59 Å². The smallest absolute Gasteiger partial charge is 0.237 e. The first-order valence-electron chi connectivity index (χ1n) is 4.90. The summed E-state index contributed by atoms with van der Waals surface area (Å²) in [5.41, 5.74) is 2.06. The molecule has 5 heteroatoms. The van der Waals surface area contributed by atoms with E-state index in [0.717, 1.165) is 5.69 Å². The van der Waals surface area contributed by atoms with Gasteiger partial charge in [-0.05, 0) is 13.8 Å². The van der Waals surface area contributed by atoms with Crippen LogP contribution in [0.15, 0.2) is 0 Å². The molecule has 0 aliphatic carbocycles. The van der Waals surface area contributed by atoms with Gasteiger partial charge in [-0.25, -0.2) is 4.90 Å². The maximum absolute atomic E-state index is 11.8. The normalized spacial score (nSPS) is 21.5. The number of hydrogen-bond acceptors (Lipinski definition) is 3. The number of aryl methyl sites for hydroxylation is 2. The Hall–Kier alpha value is -1.65. The summed E-state index contributed by atoms with van der Waals surface area (Å²) in [7, 11) is 0. The summed E-state index contributed by atoms with van der Waals surface area (Å²) in [6, 6.07) is 0. The van der Waals surface area contributed by atoms with E-state index in [1.807, 2.05) is 0 Å². The van der Waals surface area contributed by atoms with E-state index in [4.69, 9.17) is 0 Å². The second-order valence-electron chi connectivity index (χ2n) is 3.96. The van der Waals surface area contributed by atoms with Crippen LogP contribution in [0, 0.1) is 19.8 Å². The van der Waals surface area contributed by atoms with Crippen molar-refractivity contribution in [3.05, 3.63) is 11.4 Å². The summed E-state index contributed by atoms with van der Waals surface area (Å²) < 4.78 is 0. The Morgan fingerprint density at radius 2 is 2.07 bits per heavy atom. The lowest BCUT2D eigenvalue weighted by atomic mass is 10.1. The summed E-state index contributed by atoms with van der Waals surface area (Å²) >= 11 is 0. The number of rotatable bonds is 1. The maximum atomic E-state index is 11.8. The quantitative estimate of drug-likeness (QED) is 0.696. The van der Waals surface area contributed by atoms with Crippen molar-refractivity contribution in [1.29, 1.82) is 0 Å². The lowest BCUT2D eigenvalue weighted by molar-refractivity contribution is -0.122. The lowest BCUT2D eigenvalue weighted by Crippen LogP contribution is -2.30. The van der Waals surface area contributed by atoms with Gasteiger partial charge in [-0.2, -0.15) is 5.10 Å². The van der Waals surface area contributed by atoms with Crippen molar-refractivity contribution >= 4 is 17.5 Å². The van der Waals surface area contributed by atoms with Crippen molar-refractivity contribution in [2.24, 2.45) is 5.92 Å². The van der Waals surface area contributed by atoms with Gasteiger partial charge in [-0.3, -0.25) is 14.7 Å². The summed E-state index contributed by atoms with van der Waals surface area (Å²) in [4.78, 5) is 24.7. The highest BCUT2D eigenvalue weighted by Crippen LogP contribution is 2.29. The van der Waals surface area contributed by atoms with Crippen LogP contribution in [0.2, 0.25) is 0 Å². The Morgan fingerprint density at radius 1 is 1.40 bits per heavy atom. The molecule has 1 aromatic rings. The van der Waals surface area contributed by atoms with Gasteiger partial charge in [0.05, 0.1) is 17.1 Å². The van der Waals surface area contributed by atoms with Crippen LogP contribution in [0.25, 0.3) is 0 Å². The largest absolute Gasteiger partial charge is 0.280 e. The molecular weight excluding hydrogens is 194 g/mol. The molecule has 80 valence electrons. The molecule has 1 fully saturated rings. The number of anilines is 1. The lowest BCUT2D eigenvalue weighted by Gasteiger charge is -2.14. The topological polar surface area (TPSA) is 66.1 Å². The van der Waals surface area contributed by atoms with Crippen LogP contribution < -0.4 is 4.90 Å². The minimum absolute atomic E-state index is 0.132. The van der Waals surface area contributed by atoms with E-state index in [1.165, 1.54) is 4.90 Å². The van der Waals surface area contributed by atoms with Gasteiger partial charge in [0.1, 0.15) is 0 Å². The highest BCUT2D eigenvalue weighted by molar-refractivity contribution is 6.21. The van der Waals surface area contributed by atoms with Gasteiger partial charge in [0.2, 0.25) is 11.8 Å². The number of aromatic nitrogens is 2. The molecule has 1 aromatic heterocycles. The number of amides is 2. The van der Waals surface area contributed by atoms with E-state index in [1.54, 1.807) is 20.8 Å². The first kappa shape index (κ1) is 9.89. The number of hydrogen-bond donors (Lipinski definition) is 1. The predicted octanol–water partition coefficient (Wildman–Crippen LogP) is 0.926. The fraction of sp³-hybridized carbons (Fsp3) is 0.500. The Balaban J connectivity index is 2.48. The van der Waals surface area contributed by atoms with Crippen molar-refractivity contribution in [3.63, 3.8) is 0 Å². The highest BCUT2D eigenvalue weighted by atomic mass is 16.2. The Bertz CT molecular complexity index is 416. The van der Waals surface area contributed by atoms with E-state index in [2.05, 4.69) is 10.2 Å². The monoisotopic (exact) mass is 207 g/mol. The summed E-state index contributed by atoms with van der Waals surface area (Å²) in [6.45, 7) is 5.35. The summed E-state index contributed by atoms with van der Waals surface area (Å²) in [5.74, 6) is -0.487. The molecule has 2 heterocycles. The molecule has 0 spiro atoms. The predicted molar refractivity (Wildman–Crippen MR) is 54.3 cm³/mol. The second kappa shape index (κ2) is 3.18. The molecule has 0 bridgehead atoms. The number of imide groups is 1. The zero-order valence-corrected chi connectivity index (χ0v) is 9.00. The van der Waals surface area contributed by atoms with Crippen molar-refractivity contribution in [1.82, 2.24) is 10.2 Å². The minimum Gasteiger partial charge on any atom is -0.280 e. The molecule has 0 aromatic carbocycles. The van der Waals surface area contributed by atoms with E-state index in [9.17, 15) is 9.59 Å². The molecule has 2 rings (SSSR count). The SMILES string of the molecule is Cc1n[nH]c(C)c1N1C(=O)CC(C)C1=O. The van der Waals surface area contributed by atoms with Crippen LogP contribution in [0.3, 0.4) is 0 Å². The number of carbonyl (C=O) groups is 2. The Kier molecular flexibility index (Phi) is 2.10. The molecule has 1 aliphatic heterocycles. The zero-order valence-electron chi connectivity index (χ0n) is 9.00. The Labute approximate surface area is 87.5 Å². The van der Waals surface area contributed by atoms with Gasteiger partial charge in [-0.15, -0.1) is 0 Å². The van der Waals surface area contributed by atoms with Crippen molar-refractivity contribution in [3.8, 4) is 0 Å². The number of carbonyl (C=O) groups excluding carboxylic acids is 2. The molecule has 1 unspecified atom stereocenters. The average molecular weight is 207 g/mol. The third-order valence-electron chi connectivity index (χ3n) is 2.68. The molecule has 15 heavy (non-hydrogen) atoms. The second-order valence-corrected chi connectivity index (χ2v) is 3.96. The molecule has 1 saturated heterocycles. The molecule has 0 saturated carbocycles. The van der Waals surface area contributed by atoms with Crippen LogP contribution in [0.1, 0.15) is 24.7 Å². The van der Waals surface area contributed by atoms with Crippen LogP contribution >= 0.6 is 0 Å². The minimum atomic E-state index is -0.216. The molecule has 2 amide bonds. The van der Waals surface area contributed by atoms with Crippen LogP contribution in [-0.4, -0.2) is 22.0 Å². The van der Waals surface area contributed by atoms with Crippen LogP contribution in [-0.2, 0) is 9.59 Å².